The van der Waals surface area contributed by atoms with Crippen LogP contribution < -0.4 is 9.80 Å². The summed E-state index contributed by atoms with van der Waals surface area (Å²) in [6, 6.07) is 15.3. The Morgan fingerprint density at radius 2 is 1.60 bits per heavy atom. The highest BCUT2D eigenvalue weighted by Crippen LogP contribution is 2.28. The van der Waals surface area contributed by atoms with Gasteiger partial charge in [-0.1, -0.05) is 23.8 Å². The Balaban J connectivity index is 1.41. The van der Waals surface area contributed by atoms with Gasteiger partial charge in [-0.3, -0.25) is 0 Å². The third-order valence-corrected chi connectivity index (χ3v) is 5.80. The Kier molecular flexibility index (Phi) is 4.62. The van der Waals surface area contributed by atoms with Crippen molar-refractivity contribution in [2.45, 2.75) is 13.8 Å². The largest absolute Gasteiger partial charge is 0.368 e. The molecule has 6 heteroatoms. The Hall–Kier alpha value is -3.41. The first-order valence-corrected chi connectivity index (χ1v) is 10.3. The highest BCUT2D eigenvalue weighted by Gasteiger charge is 2.21. The highest BCUT2D eigenvalue weighted by atomic mass is 19.1. The van der Waals surface area contributed by atoms with Crippen LogP contribution in [0.3, 0.4) is 0 Å². The van der Waals surface area contributed by atoms with E-state index in [-0.39, 0.29) is 5.82 Å². The fraction of sp³-hybridized carbons (Fsp3) is 0.250. The van der Waals surface area contributed by atoms with Crippen LogP contribution in [0.25, 0.3) is 16.8 Å². The van der Waals surface area contributed by atoms with E-state index in [9.17, 15) is 4.39 Å². The summed E-state index contributed by atoms with van der Waals surface area (Å²) in [4.78, 5) is 9.27. The molecule has 0 radical (unpaired) electrons. The zero-order valence-corrected chi connectivity index (χ0v) is 17.2. The van der Waals surface area contributed by atoms with Gasteiger partial charge in [-0.25, -0.2) is 13.9 Å². The van der Waals surface area contributed by atoms with Gasteiger partial charge in [0.05, 0.1) is 5.69 Å². The summed E-state index contributed by atoms with van der Waals surface area (Å²) in [5, 5.41) is 4.80. The fourth-order valence-electron chi connectivity index (χ4n) is 4.21. The van der Waals surface area contributed by atoms with E-state index < -0.39 is 0 Å². The van der Waals surface area contributed by atoms with Crippen molar-refractivity contribution in [1.82, 2.24) is 14.6 Å². The number of aromatic nitrogens is 3. The molecule has 2 aromatic carbocycles. The molecule has 4 aromatic rings. The highest BCUT2D eigenvalue weighted by molar-refractivity contribution is 5.76. The third-order valence-electron chi connectivity index (χ3n) is 5.80. The topological polar surface area (TPSA) is 36.7 Å². The lowest BCUT2D eigenvalue weighted by Crippen LogP contribution is -2.47. The maximum Gasteiger partial charge on any atom is 0.154 e. The van der Waals surface area contributed by atoms with E-state index in [0.29, 0.717) is 0 Å². The van der Waals surface area contributed by atoms with Gasteiger partial charge in [0.25, 0.3) is 0 Å². The van der Waals surface area contributed by atoms with Crippen molar-refractivity contribution >= 4 is 17.0 Å². The minimum Gasteiger partial charge on any atom is -0.368 e. The molecule has 1 fully saturated rings. The van der Waals surface area contributed by atoms with Gasteiger partial charge in [-0.05, 0) is 49.7 Å². The van der Waals surface area contributed by atoms with Crippen LogP contribution >= 0.6 is 0 Å². The van der Waals surface area contributed by atoms with Gasteiger partial charge in [-0.2, -0.15) is 5.10 Å². The zero-order chi connectivity index (χ0) is 20.7. The van der Waals surface area contributed by atoms with Crippen LogP contribution in [0, 0.1) is 19.7 Å². The van der Waals surface area contributed by atoms with Crippen LogP contribution in [-0.4, -0.2) is 40.8 Å². The second-order valence-corrected chi connectivity index (χ2v) is 7.88. The monoisotopic (exact) mass is 401 g/mol. The van der Waals surface area contributed by atoms with Crippen LogP contribution in [-0.2, 0) is 0 Å². The van der Waals surface area contributed by atoms with Gasteiger partial charge >= 0.3 is 0 Å². The number of aryl methyl sites for hydroxylation is 2. The molecule has 0 N–H and O–H groups in total. The summed E-state index contributed by atoms with van der Waals surface area (Å²) >= 11 is 0. The smallest absolute Gasteiger partial charge is 0.154 e. The summed E-state index contributed by atoms with van der Waals surface area (Å²) in [5.41, 5.74) is 6.66. The Morgan fingerprint density at radius 3 is 2.33 bits per heavy atom. The molecule has 2 aromatic heterocycles. The molecule has 0 amide bonds. The van der Waals surface area contributed by atoms with Crippen molar-refractivity contribution < 1.29 is 4.39 Å². The van der Waals surface area contributed by atoms with E-state index in [0.717, 1.165) is 54.5 Å². The van der Waals surface area contributed by atoms with Gasteiger partial charge in [0.15, 0.2) is 5.82 Å². The Labute approximate surface area is 175 Å². The maximum absolute atomic E-state index is 13.2. The first-order chi connectivity index (χ1) is 14.6. The molecule has 0 spiro atoms. The zero-order valence-electron chi connectivity index (χ0n) is 17.2. The molecule has 1 aliphatic rings. The normalized spacial score (nSPS) is 14.5. The van der Waals surface area contributed by atoms with Crippen molar-refractivity contribution in [3.63, 3.8) is 0 Å². The molecule has 152 valence electrons. The van der Waals surface area contributed by atoms with E-state index in [4.69, 9.17) is 5.10 Å². The number of hydrogen-bond acceptors (Lipinski definition) is 4. The number of nitrogens with zero attached hydrogens (tertiary/aromatic N) is 5. The minimum atomic E-state index is -0.200. The number of fused-ring (bicyclic) bond motifs is 1. The molecule has 5 nitrogen and oxygen atoms in total. The van der Waals surface area contributed by atoms with Gasteiger partial charge in [0, 0.05) is 49.8 Å². The summed E-state index contributed by atoms with van der Waals surface area (Å²) < 4.78 is 15.1. The molecular weight excluding hydrogens is 377 g/mol. The van der Waals surface area contributed by atoms with Crippen LogP contribution in [0.2, 0.25) is 0 Å². The number of hydrogen-bond donors (Lipinski definition) is 0. The lowest BCUT2D eigenvalue weighted by atomic mass is 10.0. The number of benzene rings is 2. The summed E-state index contributed by atoms with van der Waals surface area (Å²) in [6.45, 7) is 7.68. The average molecular weight is 401 g/mol. The lowest BCUT2D eigenvalue weighted by Gasteiger charge is -2.36. The van der Waals surface area contributed by atoms with Crippen molar-refractivity contribution in [3.05, 3.63) is 77.9 Å². The molecule has 30 heavy (non-hydrogen) atoms. The molecule has 5 rings (SSSR count). The fourth-order valence-corrected chi connectivity index (χ4v) is 4.21. The summed E-state index contributed by atoms with van der Waals surface area (Å²) in [7, 11) is 0. The lowest BCUT2D eigenvalue weighted by molar-refractivity contribution is 0.624. The standard InChI is InChI=1S/C24H24FN5/c1-17-3-8-21(18(2)15-17)22-16-23-24(26-9-10-30(23)27-22)29-13-11-28(12-14-29)20-6-4-19(25)5-7-20/h3-10,15-16H,11-14H2,1-2H3. The van der Waals surface area contributed by atoms with E-state index in [1.54, 1.807) is 0 Å². The second-order valence-electron chi connectivity index (χ2n) is 7.88. The first kappa shape index (κ1) is 18.6. The van der Waals surface area contributed by atoms with Crippen molar-refractivity contribution in [2.75, 3.05) is 36.0 Å². The third kappa shape index (κ3) is 3.38. The summed E-state index contributed by atoms with van der Waals surface area (Å²) in [5.74, 6) is 0.758. The minimum absolute atomic E-state index is 0.200. The van der Waals surface area contributed by atoms with E-state index in [1.807, 2.05) is 29.0 Å². The number of halogens is 1. The van der Waals surface area contributed by atoms with E-state index >= 15 is 0 Å². The van der Waals surface area contributed by atoms with E-state index in [2.05, 4.69) is 52.9 Å². The molecule has 1 saturated heterocycles. The molecule has 3 heterocycles. The molecular formula is C24H24FN5. The predicted octanol–water partition coefficient (Wildman–Crippen LogP) is 4.48. The number of rotatable bonds is 3. The summed E-state index contributed by atoms with van der Waals surface area (Å²) in [6.07, 6.45) is 3.72. The Bertz CT molecular complexity index is 1190. The van der Waals surface area contributed by atoms with Crippen LogP contribution in [0.1, 0.15) is 11.1 Å². The van der Waals surface area contributed by atoms with Crippen LogP contribution in [0.4, 0.5) is 15.9 Å². The van der Waals surface area contributed by atoms with E-state index in [1.165, 1.54) is 23.3 Å². The molecule has 0 saturated carbocycles. The van der Waals surface area contributed by atoms with Gasteiger partial charge in [-0.15, -0.1) is 0 Å². The second kappa shape index (κ2) is 7.44. The first-order valence-electron chi connectivity index (χ1n) is 10.3. The molecule has 0 unspecified atom stereocenters. The van der Waals surface area contributed by atoms with Gasteiger partial charge in [0.1, 0.15) is 11.3 Å². The molecule has 0 bridgehead atoms. The van der Waals surface area contributed by atoms with Crippen molar-refractivity contribution in [3.8, 4) is 11.3 Å². The van der Waals surface area contributed by atoms with Crippen molar-refractivity contribution in [1.29, 1.82) is 0 Å². The van der Waals surface area contributed by atoms with Gasteiger partial charge < -0.3 is 9.80 Å². The molecule has 0 atom stereocenters. The molecule has 1 aliphatic heterocycles. The SMILES string of the molecule is Cc1ccc(-c2cc3c(N4CCN(c5ccc(F)cc5)CC4)nccn3n2)c(C)c1. The predicted molar refractivity (Wildman–Crippen MR) is 119 cm³/mol. The Morgan fingerprint density at radius 1 is 0.867 bits per heavy atom. The van der Waals surface area contributed by atoms with Crippen molar-refractivity contribution in [2.24, 2.45) is 0 Å². The van der Waals surface area contributed by atoms with Crippen LogP contribution in [0.15, 0.2) is 60.9 Å². The number of piperazine rings is 1. The van der Waals surface area contributed by atoms with Crippen LogP contribution in [0.5, 0.6) is 0 Å². The quantitative estimate of drug-likeness (QED) is 0.507. The van der Waals surface area contributed by atoms with Gasteiger partial charge in [0.2, 0.25) is 0 Å². The average Bonchev–Trinajstić information content (AvgIpc) is 3.18. The maximum atomic E-state index is 13.2. The molecule has 0 aliphatic carbocycles. The number of anilines is 2.